The molecule has 8 nitrogen and oxygen atoms in total. The first-order chi connectivity index (χ1) is 17.7. The summed E-state index contributed by atoms with van der Waals surface area (Å²) >= 11 is 0. The molecular formula is C29H30N6O2. The van der Waals surface area contributed by atoms with Crippen molar-refractivity contribution in [1.82, 2.24) is 19.7 Å². The Morgan fingerprint density at radius 2 is 1.76 bits per heavy atom. The van der Waals surface area contributed by atoms with E-state index in [1.807, 2.05) is 81.4 Å². The summed E-state index contributed by atoms with van der Waals surface area (Å²) in [6.45, 7) is 6.66. The van der Waals surface area contributed by atoms with E-state index in [0.29, 0.717) is 43.0 Å². The van der Waals surface area contributed by atoms with Gasteiger partial charge in [0.1, 0.15) is 28.7 Å². The summed E-state index contributed by atoms with van der Waals surface area (Å²) in [5.41, 5.74) is 10.3. The number of hydrogen-bond acceptors (Lipinski definition) is 6. The molecule has 2 aromatic carbocycles. The molecule has 3 heterocycles. The lowest BCUT2D eigenvalue weighted by Gasteiger charge is -2.33. The molecule has 0 saturated carbocycles. The number of benzene rings is 2. The van der Waals surface area contributed by atoms with Crippen LogP contribution in [0.5, 0.6) is 0 Å². The Labute approximate surface area is 216 Å². The van der Waals surface area contributed by atoms with Gasteiger partial charge in [-0.05, 0) is 45.7 Å². The highest BCUT2D eigenvalue weighted by Gasteiger charge is 2.30. The Balaban J connectivity index is 1.42. The Bertz CT molecular complexity index is 1490. The molecule has 188 valence electrons. The molecule has 1 aliphatic rings. The molecule has 0 radical (unpaired) electrons. The minimum atomic E-state index is -0.534. The molecule has 1 aliphatic heterocycles. The van der Waals surface area contributed by atoms with Crippen LogP contribution in [0.4, 0.5) is 10.6 Å². The molecule has 2 aromatic heterocycles. The van der Waals surface area contributed by atoms with Crippen molar-refractivity contribution in [3.8, 4) is 28.6 Å². The molecule has 2 N–H and O–H groups in total. The number of nitriles is 1. The van der Waals surface area contributed by atoms with Gasteiger partial charge >= 0.3 is 6.09 Å². The second-order valence-electron chi connectivity index (χ2n) is 10.3. The van der Waals surface area contributed by atoms with Crippen LogP contribution in [0, 0.1) is 11.3 Å². The molecule has 1 saturated heterocycles. The van der Waals surface area contributed by atoms with Crippen molar-refractivity contribution in [2.45, 2.75) is 45.3 Å². The second kappa shape index (κ2) is 9.58. The van der Waals surface area contributed by atoms with E-state index >= 15 is 0 Å². The maximum Gasteiger partial charge on any atom is 0.410 e. The Morgan fingerprint density at radius 3 is 2.43 bits per heavy atom. The molecule has 1 amide bonds. The molecule has 0 aliphatic carbocycles. The zero-order valence-corrected chi connectivity index (χ0v) is 21.3. The van der Waals surface area contributed by atoms with Crippen LogP contribution in [0.2, 0.25) is 0 Å². The predicted molar refractivity (Wildman–Crippen MR) is 144 cm³/mol. The fraction of sp³-hybridized carbons (Fsp3) is 0.310. The molecule has 4 aromatic rings. The number of anilines is 1. The maximum absolute atomic E-state index is 12.4. The van der Waals surface area contributed by atoms with Gasteiger partial charge in [0.15, 0.2) is 0 Å². The average molecular weight is 495 g/mol. The monoisotopic (exact) mass is 494 g/mol. The van der Waals surface area contributed by atoms with E-state index in [1.54, 1.807) is 9.58 Å². The average Bonchev–Trinajstić information content (AvgIpc) is 3.23. The highest BCUT2D eigenvalue weighted by Crippen LogP contribution is 2.34. The number of nitrogens with two attached hydrogens (primary N) is 1. The molecule has 1 fully saturated rings. The Kier molecular flexibility index (Phi) is 6.30. The van der Waals surface area contributed by atoms with Gasteiger partial charge < -0.3 is 15.4 Å². The van der Waals surface area contributed by atoms with Gasteiger partial charge in [-0.25, -0.2) is 14.5 Å². The fourth-order valence-corrected chi connectivity index (χ4v) is 4.69. The Hall–Kier alpha value is -4.38. The molecular weight excluding hydrogens is 464 g/mol. The van der Waals surface area contributed by atoms with Crippen molar-refractivity contribution < 1.29 is 9.53 Å². The number of piperidine rings is 1. The fourth-order valence-electron chi connectivity index (χ4n) is 4.69. The zero-order chi connectivity index (χ0) is 26.2. The highest BCUT2D eigenvalue weighted by atomic mass is 16.6. The number of rotatable bonds is 3. The van der Waals surface area contributed by atoms with Crippen LogP contribution in [0.15, 0.2) is 60.7 Å². The first-order valence-corrected chi connectivity index (χ1v) is 12.5. The lowest BCUT2D eigenvalue weighted by atomic mass is 10.0. The zero-order valence-electron chi connectivity index (χ0n) is 21.3. The first-order valence-electron chi connectivity index (χ1n) is 12.5. The summed E-state index contributed by atoms with van der Waals surface area (Å²) in [5.74, 6) is 0.347. The predicted octanol–water partition coefficient (Wildman–Crippen LogP) is 5.79. The number of hydrogen-bond donors (Lipinski definition) is 1. The Morgan fingerprint density at radius 1 is 1.05 bits per heavy atom. The van der Waals surface area contributed by atoms with E-state index in [9.17, 15) is 10.1 Å². The quantitative estimate of drug-likeness (QED) is 0.386. The van der Waals surface area contributed by atoms with Crippen LogP contribution < -0.4 is 5.73 Å². The molecule has 37 heavy (non-hydrogen) atoms. The van der Waals surface area contributed by atoms with Gasteiger partial charge in [-0.1, -0.05) is 48.5 Å². The second-order valence-corrected chi connectivity index (χ2v) is 10.3. The van der Waals surface area contributed by atoms with Gasteiger partial charge in [0.2, 0.25) is 0 Å². The molecule has 0 unspecified atom stereocenters. The first kappa shape index (κ1) is 24.3. The van der Waals surface area contributed by atoms with Gasteiger partial charge in [-0.2, -0.15) is 10.4 Å². The minimum absolute atomic E-state index is 0.0113. The third-order valence-corrected chi connectivity index (χ3v) is 6.56. The number of aromatic nitrogens is 3. The number of carbonyl (C=O) groups excluding carboxylic acids is 1. The van der Waals surface area contributed by atoms with E-state index in [1.165, 1.54) is 0 Å². The summed E-state index contributed by atoms with van der Waals surface area (Å²) in [6, 6.07) is 22.2. The number of fused-ring (bicyclic) bond motifs is 1. The number of carbonyl (C=O) groups is 1. The summed E-state index contributed by atoms with van der Waals surface area (Å²) in [7, 11) is 0. The number of pyridine rings is 1. The summed E-state index contributed by atoms with van der Waals surface area (Å²) in [5, 5.41) is 15.7. The SMILES string of the molecule is CC(C)(C)OC(=O)N1CCC(n2nc(-c3ccc4ccc(-c5ccccc5)nc4c3)c(C#N)c2N)CC1. The van der Waals surface area contributed by atoms with E-state index in [2.05, 4.69) is 6.07 Å². The van der Waals surface area contributed by atoms with Crippen molar-refractivity contribution in [2.75, 3.05) is 18.8 Å². The maximum atomic E-state index is 12.4. The summed E-state index contributed by atoms with van der Waals surface area (Å²) in [4.78, 5) is 19.0. The summed E-state index contributed by atoms with van der Waals surface area (Å²) < 4.78 is 7.25. The number of likely N-dealkylation sites (tertiary alicyclic amines) is 1. The normalized spacial score (nSPS) is 14.5. The van der Waals surface area contributed by atoms with Gasteiger partial charge in [0.25, 0.3) is 0 Å². The van der Waals surface area contributed by atoms with E-state index in [0.717, 1.165) is 27.7 Å². The van der Waals surface area contributed by atoms with Crippen LogP contribution in [0.1, 0.15) is 45.2 Å². The van der Waals surface area contributed by atoms with E-state index in [4.69, 9.17) is 20.6 Å². The van der Waals surface area contributed by atoms with Crippen LogP contribution in [-0.4, -0.2) is 44.4 Å². The van der Waals surface area contributed by atoms with Crippen LogP contribution in [-0.2, 0) is 4.74 Å². The van der Waals surface area contributed by atoms with Gasteiger partial charge in [0.05, 0.1) is 17.3 Å². The van der Waals surface area contributed by atoms with Crippen LogP contribution in [0.3, 0.4) is 0 Å². The van der Waals surface area contributed by atoms with Crippen LogP contribution in [0.25, 0.3) is 33.4 Å². The number of ether oxygens (including phenoxy) is 1. The number of nitrogen functional groups attached to an aromatic ring is 1. The van der Waals surface area contributed by atoms with Crippen molar-refractivity contribution in [3.05, 3.63) is 66.2 Å². The summed E-state index contributed by atoms with van der Waals surface area (Å²) in [6.07, 6.45) is 1.04. The number of amides is 1. The topological polar surface area (TPSA) is 110 Å². The molecule has 5 rings (SSSR count). The lowest BCUT2D eigenvalue weighted by Crippen LogP contribution is -2.42. The van der Waals surface area contributed by atoms with E-state index < -0.39 is 5.60 Å². The lowest BCUT2D eigenvalue weighted by molar-refractivity contribution is 0.0185. The number of nitrogens with zero attached hydrogens (tertiary/aromatic N) is 5. The largest absolute Gasteiger partial charge is 0.444 e. The van der Waals surface area contributed by atoms with Gasteiger partial charge in [0, 0.05) is 29.6 Å². The van der Waals surface area contributed by atoms with Crippen LogP contribution >= 0.6 is 0 Å². The van der Waals surface area contributed by atoms with E-state index in [-0.39, 0.29) is 12.1 Å². The van der Waals surface area contributed by atoms with Gasteiger partial charge in [-0.3, -0.25) is 0 Å². The minimum Gasteiger partial charge on any atom is -0.444 e. The molecule has 8 heteroatoms. The van der Waals surface area contributed by atoms with Crippen molar-refractivity contribution >= 4 is 22.8 Å². The molecule has 0 spiro atoms. The van der Waals surface area contributed by atoms with Gasteiger partial charge in [-0.15, -0.1) is 0 Å². The standard InChI is InChI=1S/C29H30N6O2/c1-29(2,3)37-28(36)34-15-13-22(14-16-34)35-27(31)23(18-30)26(33-35)21-10-9-20-11-12-24(32-25(20)17-21)19-7-5-4-6-8-19/h4-12,17,22H,13-16,31H2,1-3H3. The third kappa shape index (κ3) is 4.98. The van der Waals surface area contributed by atoms with Crippen molar-refractivity contribution in [2.24, 2.45) is 0 Å². The third-order valence-electron chi connectivity index (χ3n) is 6.56. The smallest absolute Gasteiger partial charge is 0.410 e. The molecule has 0 bridgehead atoms. The van der Waals surface area contributed by atoms with Crippen molar-refractivity contribution in [1.29, 1.82) is 5.26 Å². The molecule has 0 atom stereocenters. The highest BCUT2D eigenvalue weighted by molar-refractivity contribution is 5.87. The van der Waals surface area contributed by atoms with Crippen molar-refractivity contribution in [3.63, 3.8) is 0 Å².